The van der Waals surface area contributed by atoms with Crippen LogP contribution >= 0.6 is 0 Å². The average Bonchev–Trinajstić information content (AvgIpc) is 3.11. The average molecular weight is 274 g/mol. The van der Waals surface area contributed by atoms with Crippen LogP contribution < -0.4 is 5.32 Å². The number of nitrogens with zero attached hydrogens (tertiary/aromatic N) is 1. The molecule has 2 aliphatic carbocycles. The maximum atomic E-state index is 14.1. The van der Waals surface area contributed by atoms with Gasteiger partial charge in [-0.3, -0.25) is 10.1 Å². The van der Waals surface area contributed by atoms with Crippen molar-refractivity contribution in [3.8, 4) is 0 Å². The van der Waals surface area contributed by atoms with Gasteiger partial charge in [0.25, 0.3) is 0 Å². The van der Waals surface area contributed by atoms with Crippen LogP contribution in [0.2, 0.25) is 0 Å². The van der Waals surface area contributed by atoms with Crippen LogP contribution in [-0.2, 0) is 4.79 Å². The van der Waals surface area contributed by atoms with E-state index in [-0.39, 0.29) is 23.4 Å². The van der Waals surface area contributed by atoms with Crippen molar-refractivity contribution in [1.82, 2.24) is 10.2 Å². The zero-order valence-electron chi connectivity index (χ0n) is 11.4. The van der Waals surface area contributed by atoms with Gasteiger partial charge in [-0.25, -0.2) is 4.39 Å². The Morgan fingerprint density at radius 1 is 1.30 bits per heavy atom. The van der Waals surface area contributed by atoms with E-state index in [0.717, 1.165) is 19.4 Å². The molecule has 4 heteroatoms. The molecule has 3 fully saturated rings. The zero-order valence-corrected chi connectivity index (χ0v) is 11.4. The molecule has 1 amide bonds. The number of hydrogen-bond donors (Lipinski definition) is 1. The molecule has 0 bridgehead atoms. The predicted octanol–water partition coefficient (Wildman–Crippen LogP) is 2.59. The van der Waals surface area contributed by atoms with Crippen molar-refractivity contribution in [1.29, 1.82) is 0 Å². The minimum atomic E-state index is -0.378. The van der Waals surface area contributed by atoms with Crippen LogP contribution in [0.3, 0.4) is 0 Å². The predicted molar refractivity (Wildman–Crippen MR) is 73.3 cm³/mol. The molecule has 1 unspecified atom stereocenters. The number of carbonyl (C=O) groups excluding carboxylic acids is 1. The van der Waals surface area contributed by atoms with E-state index in [1.807, 2.05) is 11.0 Å². The summed E-state index contributed by atoms with van der Waals surface area (Å²) in [6, 6.07) is 6.79. The third-order valence-corrected chi connectivity index (χ3v) is 5.02. The highest BCUT2D eigenvalue weighted by molar-refractivity contribution is 5.92. The van der Waals surface area contributed by atoms with Crippen LogP contribution in [0.15, 0.2) is 24.3 Å². The van der Waals surface area contributed by atoms with E-state index < -0.39 is 0 Å². The van der Waals surface area contributed by atoms with Crippen molar-refractivity contribution < 1.29 is 9.18 Å². The lowest BCUT2D eigenvalue weighted by Crippen LogP contribution is -2.37. The third kappa shape index (κ3) is 1.78. The van der Waals surface area contributed by atoms with E-state index in [0.29, 0.717) is 11.5 Å². The molecule has 1 N–H and O–H groups in total. The second kappa shape index (κ2) is 4.29. The Labute approximate surface area is 118 Å². The molecule has 0 aromatic heterocycles. The van der Waals surface area contributed by atoms with Crippen molar-refractivity contribution in [2.24, 2.45) is 5.92 Å². The first-order valence-corrected chi connectivity index (χ1v) is 7.53. The van der Waals surface area contributed by atoms with Crippen LogP contribution in [0.1, 0.15) is 43.8 Å². The van der Waals surface area contributed by atoms with Gasteiger partial charge in [-0.1, -0.05) is 24.6 Å². The van der Waals surface area contributed by atoms with E-state index >= 15 is 0 Å². The fraction of sp³-hybridized carbons (Fsp3) is 0.562. The summed E-state index contributed by atoms with van der Waals surface area (Å²) in [5.41, 5.74) is 0.223. The van der Waals surface area contributed by atoms with Gasteiger partial charge in [0.15, 0.2) is 0 Å². The van der Waals surface area contributed by atoms with Gasteiger partial charge in [-0.05, 0) is 37.7 Å². The van der Waals surface area contributed by atoms with Crippen LogP contribution in [0, 0.1) is 11.7 Å². The highest BCUT2D eigenvalue weighted by Crippen LogP contribution is 2.47. The zero-order chi connectivity index (χ0) is 13.7. The van der Waals surface area contributed by atoms with E-state index in [2.05, 4.69) is 5.32 Å². The van der Waals surface area contributed by atoms with E-state index in [4.69, 9.17) is 0 Å². The van der Waals surface area contributed by atoms with E-state index in [1.54, 1.807) is 12.1 Å². The molecule has 1 aromatic rings. The smallest absolute Gasteiger partial charge is 0.244 e. The lowest BCUT2D eigenvalue weighted by Gasteiger charge is -2.33. The van der Waals surface area contributed by atoms with Gasteiger partial charge in [0.05, 0.1) is 0 Å². The lowest BCUT2D eigenvalue weighted by atomic mass is 9.85. The Bertz CT molecular complexity index is 551. The highest BCUT2D eigenvalue weighted by Gasteiger charge is 2.59. The highest BCUT2D eigenvalue weighted by atomic mass is 19.1. The first-order chi connectivity index (χ1) is 9.70. The van der Waals surface area contributed by atoms with Gasteiger partial charge in [-0.2, -0.15) is 0 Å². The minimum Gasteiger partial charge on any atom is -0.321 e. The molecule has 2 saturated carbocycles. The quantitative estimate of drug-likeness (QED) is 0.919. The third-order valence-electron chi connectivity index (χ3n) is 5.02. The molecule has 1 aromatic carbocycles. The number of carbonyl (C=O) groups is 1. The standard InChI is InChI=1S/C16H19FN2O/c17-13-7-2-1-6-12(13)14-18-16(8-9-16)15(20)19(14)10-11-4-3-5-11/h1-2,6-7,11,14,18H,3-5,8-10H2. The Hall–Kier alpha value is -1.42. The van der Waals surface area contributed by atoms with Gasteiger partial charge in [0, 0.05) is 12.1 Å². The summed E-state index contributed by atoms with van der Waals surface area (Å²) in [6.45, 7) is 0.770. The van der Waals surface area contributed by atoms with Crippen LogP contribution in [0.25, 0.3) is 0 Å². The Morgan fingerprint density at radius 3 is 2.65 bits per heavy atom. The number of halogens is 1. The molecule has 1 heterocycles. The molecule has 0 radical (unpaired) electrons. The van der Waals surface area contributed by atoms with Gasteiger partial charge in [-0.15, -0.1) is 0 Å². The van der Waals surface area contributed by atoms with E-state index in [9.17, 15) is 9.18 Å². The summed E-state index contributed by atoms with van der Waals surface area (Å²) in [7, 11) is 0. The van der Waals surface area contributed by atoms with Gasteiger partial charge in [0.1, 0.15) is 17.5 Å². The second-order valence-corrected chi connectivity index (χ2v) is 6.40. The minimum absolute atomic E-state index is 0.178. The Morgan fingerprint density at radius 2 is 2.05 bits per heavy atom. The van der Waals surface area contributed by atoms with Crippen LogP contribution in [0.5, 0.6) is 0 Å². The molecule has 1 saturated heterocycles. The number of rotatable bonds is 3. The largest absolute Gasteiger partial charge is 0.321 e. The summed E-state index contributed by atoms with van der Waals surface area (Å²) in [4.78, 5) is 14.5. The number of hydrogen-bond acceptors (Lipinski definition) is 2. The lowest BCUT2D eigenvalue weighted by molar-refractivity contribution is -0.131. The van der Waals surface area contributed by atoms with Crippen molar-refractivity contribution in [2.45, 2.75) is 43.8 Å². The number of nitrogens with one attached hydrogen (secondary N) is 1. The van der Waals surface area contributed by atoms with Crippen molar-refractivity contribution in [3.63, 3.8) is 0 Å². The van der Waals surface area contributed by atoms with E-state index in [1.165, 1.54) is 25.3 Å². The summed E-state index contributed by atoms with van der Waals surface area (Å²) >= 11 is 0. The Balaban J connectivity index is 1.65. The molecule has 3 nitrogen and oxygen atoms in total. The summed E-state index contributed by atoms with van der Waals surface area (Å²) < 4.78 is 14.1. The maximum Gasteiger partial charge on any atom is 0.244 e. The van der Waals surface area contributed by atoms with Crippen LogP contribution in [-0.4, -0.2) is 22.9 Å². The maximum absolute atomic E-state index is 14.1. The normalized spacial score (nSPS) is 27.9. The molecule has 1 spiro atoms. The number of amides is 1. The van der Waals surface area contributed by atoms with Gasteiger partial charge < -0.3 is 4.90 Å². The first kappa shape index (κ1) is 12.3. The summed E-state index contributed by atoms with van der Waals surface area (Å²) in [6.07, 6.45) is 5.14. The van der Waals surface area contributed by atoms with Crippen molar-refractivity contribution in [3.05, 3.63) is 35.6 Å². The van der Waals surface area contributed by atoms with Gasteiger partial charge in [0.2, 0.25) is 5.91 Å². The SMILES string of the molecule is O=C1N(CC2CCC2)C(c2ccccc2F)NC12CC2. The van der Waals surface area contributed by atoms with Crippen LogP contribution in [0.4, 0.5) is 4.39 Å². The summed E-state index contributed by atoms with van der Waals surface area (Å²) in [5, 5.41) is 3.39. The molecular formula is C16H19FN2O. The molecular weight excluding hydrogens is 255 g/mol. The fourth-order valence-corrected chi connectivity index (χ4v) is 3.36. The number of benzene rings is 1. The fourth-order valence-electron chi connectivity index (χ4n) is 3.36. The molecule has 3 aliphatic rings. The van der Waals surface area contributed by atoms with Crippen molar-refractivity contribution >= 4 is 5.91 Å². The summed E-state index contributed by atoms with van der Waals surface area (Å²) in [5.74, 6) is 0.552. The molecule has 4 rings (SSSR count). The van der Waals surface area contributed by atoms with Crippen molar-refractivity contribution in [2.75, 3.05) is 6.54 Å². The second-order valence-electron chi connectivity index (χ2n) is 6.40. The molecule has 1 atom stereocenters. The van der Waals surface area contributed by atoms with Gasteiger partial charge >= 0.3 is 0 Å². The first-order valence-electron chi connectivity index (χ1n) is 7.53. The topological polar surface area (TPSA) is 32.3 Å². The molecule has 20 heavy (non-hydrogen) atoms. The molecule has 106 valence electrons. The Kier molecular flexibility index (Phi) is 2.64. The molecule has 1 aliphatic heterocycles. The monoisotopic (exact) mass is 274 g/mol.